The van der Waals surface area contributed by atoms with E-state index >= 15 is 0 Å². The average Bonchev–Trinajstić information content (AvgIpc) is 3.04. The molecule has 1 heterocycles. The standard InChI is InChI=1S/C20H27N7O2/c1-20(2,3)29-19(28)23-12-15-8-6-14(7-9-15)11-22-17-16(10-21)18(26-25-17)24-13-27(4)5/h6-9,13H,11-12H2,1-5H3,(H,23,28)(H2,22,25,26)/b24-13+. The summed E-state index contributed by atoms with van der Waals surface area (Å²) in [6.45, 7) is 6.35. The summed E-state index contributed by atoms with van der Waals surface area (Å²) in [4.78, 5) is 17.7. The van der Waals surface area contributed by atoms with Crippen LogP contribution in [0.5, 0.6) is 0 Å². The first-order chi connectivity index (χ1) is 13.7. The number of nitrogens with zero attached hydrogens (tertiary/aromatic N) is 4. The van der Waals surface area contributed by atoms with Crippen molar-refractivity contribution in [3.8, 4) is 6.07 Å². The second-order valence-electron chi connectivity index (χ2n) is 7.64. The molecule has 2 rings (SSSR count). The molecule has 154 valence electrons. The van der Waals surface area contributed by atoms with E-state index in [0.29, 0.717) is 30.3 Å². The summed E-state index contributed by atoms with van der Waals surface area (Å²) in [5.74, 6) is 0.862. The number of hydrogen-bond acceptors (Lipinski definition) is 6. The number of hydrogen-bond donors (Lipinski definition) is 3. The van der Waals surface area contributed by atoms with Crippen LogP contribution in [-0.2, 0) is 17.8 Å². The van der Waals surface area contributed by atoms with E-state index in [-0.39, 0.29) is 0 Å². The summed E-state index contributed by atoms with van der Waals surface area (Å²) >= 11 is 0. The number of nitrogens with one attached hydrogen (secondary N) is 3. The Morgan fingerprint density at radius 3 is 2.45 bits per heavy atom. The van der Waals surface area contributed by atoms with Crippen molar-refractivity contribution in [2.75, 3.05) is 19.4 Å². The lowest BCUT2D eigenvalue weighted by Crippen LogP contribution is -2.32. The van der Waals surface area contributed by atoms with Gasteiger partial charge in [-0.3, -0.25) is 5.10 Å². The molecular formula is C20H27N7O2. The van der Waals surface area contributed by atoms with E-state index in [4.69, 9.17) is 4.74 Å². The molecule has 0 radical (unpaired) electrons. The number of alkyl carbamates (subject to hydrolysis) is 1. The lowest BCUT2D eigenvalue weighted by atomic mass is 10.1. The number of nitriles is 1. The van der Waals surface area contributed by atoms with Gasteiger partial charge >= 0.3 is 6.09 Å². The molecule has 0 aliphatic heterocycles. The monoisotopic (exact) mass is 397 g/mol. The van der Waals surface area contributed by atoms with Gasteiger partial charge in [0.05, 0.1) is 6.34 Å². The first-order valence-electron chi connectivity index (χ1n) is 9.15. The van der Waals surface area contributed by atoms with Gasteiger partial charge < -0.3 is 20.3 Å². The number of aliphatic imine (C=N–C) groups is 1. The molecule has 0 aliphatic carbocycles. The summed E-state index contributed by atoms with van der Waals surface area (Å²) in [7, 11) is 3.69. The summed E-state index contributed by atoms with van der Waals surface area (Å²) in [6.07, 6.45) is 1.15. The third kappa shape index (κ3) is 7.18. The Morgan fingerprint density at radius 2 is 1.90 bits per heavy atom. The molecule has 1 aromatic carbocycles. The Hall–Kier alpha value is -3.54. The number of anilines is 1. The highest BCUT2D eigenvalue weighted by Crippen LogP contribution is 2.22. The van der Waals surface area contributed by atoms with E-state index < -0.39 is 11.7 Å². The average molecular weight is 397 g/mol. The first kappa shape index (κ1) is 21.8. The van der Waals surface area contributed by atoms with Gasteiger partial charge in [-0.05, 0) is 31.9 Å². The van der Waals surface area contributed by atoms with E-state index in [1.54, 1.807) is 11.2 Å². The van der Waals surface area contributed by atoms with Crippen molar-refractivity contribution >= 4 is 24.1 Å². The van der Waals surface area contributed by atoms with Crippen molar-refractivity contribution in [2.24, 2.45) is 4.99 Å². The molecule has 3 N–H and O–H groups in total. The molecule has 0 spiro atoms. The van der Waals surface area contributed by atoms with Crippen molar-refractivity contribution in [1.82, 2.24) is 20.4 Å². The smallest absolute Gasteiger partial charge is 0.407 e. The molecule has 0 saturated heterocycles. The zero-order chi connectivity index (χ0) is 21.4. The highest BCUT2D eigenvalue weighted by molar-refractivity contribution is 5.68. The van der Waals surface area contributed by atoms with Gasteiger partial charge in [0, 0.05) is 27.2 Å². The largest absolute Gasteiger partial charge is 0.444 e. The van der Waals surface area contributed by atoms with Crippen LogP contribution in [-0.4, -0.2) is 47.2 Å². The molecule has 1 amide bonds. The maximum absolute atomic E-state index is 11.7. The van der Waals surface area contributed by atoms with Crippen LogP contribution in [0.3, 0.4) is 0 Å². The maximum Gasteiger partial charge on any atom is 0.407 e. The first-order valence-corrected chi connectivity index (χ1v) is 9.15. The van der Waals surface area contributed by atoms with E-state index in [9.17, 15) is 10.1 Å². The Morgan fingerprint density at radius 1 is 1.28 bits per heavy atom. The fourth-order valence-corrected chi connectivity index (χ4v) is 2.28. The molecule has 9 heteroatoms. The van der Waals surface area contributed by atoms with E-state index in [2.05, 4.69) is 31.9 Å². The van der Waals surface area contributed by atoms with Gasteiger partial charge in [0.2, 0.25) is 0 Å². The lowest BCUT2D eigenvalue weighted by Gasteiger charge is -2.19. The van der Waals surface area contributed by atoms with Gasteiger partial charge in [-0.1, -0.05) is 24.3 Å². The molecular weight excluding hydrogens is 370 g/mol. The minimum atomic E-state index is -0.522. The number of carbonyl (C=O) groups is 1. The van der Waals surface area contributed by atoms with Crippen molar-refractivity contribution in [3.63, 3.8) is 0 Å². The van der Waals surface area contributed by atoms with Crippen LogP contribution in [0.4, 0.5) is 16.4 Å². The van der Waals surface area contributed by atoms with Crippen LogP contribution in [0.2, 0.25) is 0 Å². The number of aromatic nitrogens is 2. The molecule has 0 aliphatic rings. The number of benzene rings is 1. The molecule has 1 aromatic heterocycles. The molecule has 0 fully saturated rings. The zero-order valence-corrected chi connectivity index (χ0v) is 17.4. The highest BCUT2D eigenvalue weighted by atomic mass is 16.6. The Bertz CT molecular complexity index is 887. The fourth-order valence-electron chi connectivity index (χ4n) is 2.28. The summed E-state index contributed by atoms with van der Waals surface area (Å²) < 4.78 is 5.22. The molecule has 0 atom stereocenters. The van der Waals surface area contributed by atoms with Crippen LogP contribution in [0.15, 0.2) is 29.3 Å². The van der Waals surface area contributed by atoms with Gasteiger partial charge in [0.1, 0.15) is 17.2 Å². The SMILES string of the molecule is CN(C)/C=N/c1[nH]nc(NCc2ccc(CNC(=O)OC(C)(C)C)cc2)c1C#N. The number of rotatable bonds is 7. The van der Waals surface area contributed by atoms with Gasteiger partial charge in [0.25, 0.3) is 0 Å². The normalized spacial score (nSPS) is 11.2. The predicted molar refractivity (Wildman–Crippen MR) is 112 cm³/mol. The van der Waals surface area contributed by atoms with Gasteiger partial charge in [-0.2, -0.15) is 10.4 Å². The Balaban J connectivity index is 1.91. The minimum absolute atomic E-state index is 0.362. The van der Waals surface area contributed by atoms with Gasteiger partial charge in [0.15, 0.2) is 11.6 Å². The van der Waals surface area contributed by atoms with Crippen LogP contribution in [0, 0.1) is 11.3 Å². The van der Waals surface area contributed by atoms with E-state index in [1.165, 1.54) is 0 Å². The van der Waals surface area contributed by atoms with Gasteiger partial charge in [-0.15, -0.1) is 0 Å². The molecule has 0 bridgehead atoms. The lowest BCUT2D eigenvalue weighted by molar-refractivity contribution is 0.0523. The van der Waals surface area contributed by atoms with E-state index in [1.807, 2.05) is 59.1 Å². The van der Waals surface area contributed by atoms with Crippen molar-refractivity contribution in [1.29, 1.82) is 5.26 Å². The number of amides is 1. The van der Waals surface area contributed by atoms with E-state index in [0.717, 1.165) is 11.1 Å². The van der Waals surface area contributed by atoms with Crippen molar-refractivity contribution < 1.29 is 9.53 Å². The summed E-state index contributed by atoms with van der Waals surface area (Å²) in [6, 6.07) is 9.87. The zero-order valence-electron chi connectivity index (χ0n) is 17.4. The van der Waals surface area contributed by atoms with Crippen molar-refractivity contribution in [3.05, 3.63) is 41.0 Å². The third-order valence-corrected chi connectivity index (χ3v) is 3.60. The third-order valence-electron chi connectivity index (χ3n) is 3.60. The summed E-state index contributed by atoms with van der Waals surface area (Å²) in [5.41, 5.74) is 1.81. The molecule has 9 nitrogen and oxygen atoms in total. The number of ether oxygens (including phenoxy) is 1. The maximum atomic E-state index is 11.7. The topological polar surface area (TPSA) is 118 Å². The molecule has 29 heavy (non-hydrogen) atoms. The van der Waals surface area contributed by atoms with Crippen LogP contribution < -0.4 is 10.6 Å². The van der Waals surface area contributed by atoms with Crippen molar-refractivity contribution in [2.45, 2.75) is 39.5 Å². The highest BCUT2D eigenvalue weighted by Gasteiger charge is 2.15. The van der Waals surface area contributed by atoms with Gasteiger partial charge in [-0.25, -0.2) is 9.79 Å². The second-order valence-corrected chi connectivity index (χ2v) is 7.64. The summed E-state index contributed by atoms with van der Waals surface area (Å²) in [5, 5.41) is 22.1. The molecule has 2 aromatic rings. The van der Waals surface area contributed by atoms with Crippen LogP contribution in [0.1, 0.15) is 37.5 Å². The fraction of sp³-hybridized carbons (Fsp3) is 0.400. The Kier molecular flexibility index (Phi) is 7.20. The predicted octanol–water partition coefficient (Wildman–Crippen LogP) is 3.14. The number of H-pyrrole nitrogens is 1. The number of carbonyl (C=O) groups excluding carboxylic acids is 1. The van der Waals surface area contributed by atoms with Crippen LogP contribution >= 0.6 is 0 Å². The number of aromatic amines is 1. The minimum Gasteiger partial charge on any atom is -0.444 e. The quantitative estimate of drug-likeness (QED) is 0.488. The molecule has 0 unspecified atom stereocenters. The van der Waals surface area contributed by atoms with Crippen LogP contribution in [0.25, 0.3) is 0 Å². The molecule has 0 saturated carbocycles. The Labute approximate surface area is 170 Å². The second kappa shape index (κ2) is 9.59.